The van der Waals surface area contributed by atoms with Crippen molar-refractivity contribution in [3.05, 3.63) is 36.2 Å². The minimum atomic E-state index is 0.577. The van der Waals surface area contributed by atoms with Gasteiger partial charge in [0.1, 0.15) is 0 Å². The number of nitrogens with one attached hydrogen (secondary N) is 1. The molecule has 2 aromatic rings. The number of tetrazole rings is 1. The molecule has 1 atom stereocenters. The summed E-state index contributed by atoms with van der Waals surface area (Å²) < 4.78 is 1.81. The highest BCUT2D eigenvalue weighted by molar-refractivity contribution is 5.30. The van der Waals surface area contributed by atoms with Crippen LogP contribution in [0.2, 0.25) is 0 Å². The molecule has 6 heteroatoms. The second-order valence-electron chi connectivity index (χ2n) is 5.97. The van der Waals surface area contributed by atoms with Crippen molar-refractivity contribution < 1.29 is 0 Å². The maximum Gasteiger partial charge on any atom is 0.170 e. The Labute approximate surface area is 124 Å². The zero-order valence-electron chi connectivity index (χ0n) is 12.0. The number of piperidine rings is 3. The van der Waals surface area contributed by atoms with Crippen LogP contribution in [0.3, 0.4) is 0 Å². The van der Waals surface area contributed by atoms with Crippen molar-refractivity contribution in [2.24, 2.45) is 5.92 Å². The Hall–Kier alpha value is -1.79. The summed E-state index contributed by atoms with van der Waals surface area (Å²) in [4.78, 5) is 2.55. The number of benzene rings is 1. The SMILES string of the molecule is c1ccc(-n2nnnc2CNC2CN3CCC2CC3)cc1. The van der Waals surface area contributed by atoms with Crippen LogP contribution in [-0.4, -0.2) is 50.8 Å². The topological polar surface area (TPSA) is 58.9 Å². The lowest BCUT2D eigenvalue weighted by molar-refractivity contribution is 0.0716. The van der Waals surface area contributed by atoms with Crippen molar-refractivity contribution in [1.29, 1.82) is 0 Å². The maximum atomic E-state index is 4.16. The van der Waals surface area contributed by atoms with Crippen molar-refractivity contribution in [1.82, 2.24) is 30.4 Å². The first-order chi connectivity index (χ1) is 10.4. The van der Waals surface area contributed by atoms with Gasteiger partial charge in [-0.1, -0.05) is 18.2 Å². The van der Waals surface area contributed by atoms with Gasteiger partial charge in [-0.25, -0.2) is 0 Å². The Balaban J connectivity index is 1.45. The van der Waals surface area contributed by atoms with E-state index in [1.54, 1.807) is 0 Å². The molecule has 0 spiro atoms. The molecule has 3 aliphatic heterocycles. The molecule has 4 heterocycles. The molecule has 2 bridgehead atoms. The van der Waals surface area contributed by atoms with E-state index in [4.69, 9.17) is 0 Å². The molecule has 3 fully saturated rings. The molecule has 3 aliphatic rings. The summed E-state index contributed by atoms with van der Waals surface area (Å²) in [6.07, 6.45) is 2.64. The van der Waals surface area contributed by atoms with E-state index in [1.165, 1.54) is 25.9 Å². The second kappa shape index (κ2) is 5.54. The molecule has 110 valence electrons. The van der Waals surface area contributed by atoms with Crippen LogP contribution in [0.25, 0.3) is 5.69 Å². The fourth-order valence-electron chi connectivity index (χ4n) is 3.50. The second-order valence-corrected chi connectivity index (χ2v) is 5.97. The fraction of sp³-hybridized carbons (Fsp3) is 0.533. The van der Waals surface area contributed by atoms with Crippen LogP contribution in [0.4, 0.5) is 0 Å². The molecule has 0 saturated carbocycles. The van der Waals surface area contributed by atoms with E-state index < -0.39 is 0 Å². The van der Waals surface area contributed by atoms with Crippen LogP contribution in [0.15, 0.2) is 30.3 Å². The normalized spacial score (nSPS) is 27.9. The third-order valence-electron chi connectivity index (χ3n) is 4.71. The molecule has 3 saturated heterocycles. The molecular formula is C15H20N6. The van der Waals surface area contributed by atoms with Gasteiger partial charge >= 0.3 is 0 Å². The van der Waals surface area contributed by atoms with Gasteiger partial charge in [-0.15, -0.1) is 5.10 Å². The fourth-order valence-corrected chi connectivity index (χ4v) is 3.50. The highest BCUT2D eigenvalue weighted by Crippen LogP contribution is 2.27. The Kier molecular flexibility index (Phi) is 3.40. The molecule has 0 amide bonds. The summed E-state index contributed by atoms with van der Waals surface area (Å²) in [6.45, 7) is 4.42. The third kappa shape index (κ3) is 2.56. The summed E-state index contributed by atoms with van der Waals surface area (Å²) >= 11 is 0. The molecule has 0 radical (unpaired) electrons. The molecule has 21 heavy (non-hydrogen) atoms. The van der Waals surface area contributed by atoms with E-state index in [0.29, 0.717) is 6.04 Å². The van der Waals surface area contributed by atoms with Crippen LogP contribution in [-0.2, 0) is 6.54 Å². The first-order valence-corrected chi connectivity index (χ1v) is 7.68. The van der Waals surface area contributed by atoms with E-state index in [1.807, 2.05) is 35.0 Å². The van der Waals surface area contributed by atoms with Gasteiger partial charge in [0.15, 0.2) is 5.82 Å². The van der Waals surface area contributed by atoms with Crippen molar-refractivity contribution in [2.75, 3.05) is 19.6 Å². The first-order valence-electron chi connectivity index (χ1n) is 7.68. The molecule has 1 unspecified atom stereocenters. The Morgan fingerprint density at radius 3 is 2.67 bits per heavy atom. The van der Waals surface area contributed by atoms with Gasteiger partial charge < -0.3 is 10.2 Å². The third-order valence-corrected chi connectivity index (χ3v) is 4.71. The molecule has 5 rings (SSSR count). The summed E-state index contributed by atoms with van der Waals surface area (Å²) in [5.41, 5.74) is 1.01. The summed E-state index contributed by atoms with van der Waals surface area (Å²) in [7, 11) is 0. The lowest BCUT2D eigenvalue weighted by Gasteiger charge is -2.45. The molecule has 0 aliphatic carbocycles. The quantitative estimate of drug-likeness (QED) is 0.902. The van der Waals surface area contributed by atoms with Crippen molar-refractivity contribution in [3.63, 3.8) is 0 Å². The number of aromatic nitrogens is 4. The van der Waals surface area contributed by atoms with Gasteiger partial charge in [0, 0.05) is 12.6 Å². The molecular weight excluding hydrogens is 264 g/mol. The van der Waals surface area contributed by atoms with Gasteiger partial charge in [-0.3, -0.25) is 0 Å². The highest BCUT2D eigenvalue weighted by Gasteiger charge is 2.33. The predicted molar refractivity (Wildman–Crippen MR) is 78.9 cm³/mol. The number of para-hydroxylation sites is 1. The smallest absolute Gasteiger partial charge is 0.170 e. The van der Waals surface area contributed by atoms with Crippen molar-refractivity contribution in [3.8, 4) is 5.69 Å². The lowest BCUT2D eigenvalue weighted by Crippen LogP contribution is -2.55. The van der Waals surface area contributed by atoms with Gasteiger partial charge in [-0.2, -0.15) is 4.68 Å². The molecule has 1 aromatic carbocycles. The zero-order valence-corrected chi connectivity index (χ0v) is 12.0. The standard InChI is InChI=1S/C15H20N6/c1-2-4-13(5-3-1)21-15(17-18-19-21)10-16-14-11-20-8-6-12(14)7-9-20/h1-5,12,14,16H,6-11H2. The molecule has 1 aromatic heterocycles. The number of hydrogen-bond acceptors (Lipinski definition) is 5. The average molecular weight is 284 g/mol. The van der Waals surface area contributed by atoms with Gasteiger partial charge in [0.05, 0.1) is 12.2 Å². The minimum absolute atomic E-state index is 0.577. The molecule has 6 nitrogen and oxygen atoms in total. The maximum absolute atomic E-state index is 4.16. The van der Waals surface area contributed by atoms with Gasteiger partial charge in [0.25, 0.3) is 0 Å². The largest absolute Gasteiger partial charge is 0.305 e. The van der Waals surface area contributed by atoms with E-state index in [0.717, 1.165) is 30.5 Å². The van der Waals surface area contributed by atoms with Gasteiger partial charge in [0.2, 0.25) is 0 Å². The number of fused-ring (bicyclic) bond motifs is 3. The van der Waals surface area contributed by atoms with Crippen LogP contribution < -0.4 is 5.32 Å². The van der Waals surface area contributed by atoms with E-state index in [2.05, 4.69) is 25.7 Å². The van der Waals surface area contributed by atoms with Crippen LogP contribution in [0, 0.1) is 5.92 Å². The van der Waals surface area contributed by atoms with Gasteiger partial charge in [-0.05, 0) is 54.4 Å². The number of rotatable bonds is 4. The monoisotopic (exact) mass is 284 g/mol. The van der Waals surface area contributed by atoms with Crippen molar-refractivity contribution >= 4 is 0 Å². The average Bonchev–Trinajstić information content (AvgIpc) is 3.03. The zero-order chi connectivity index (χ0) is 14.1. The Bertz CT molecular complexity index is 587. The van der Waals surface area contributed by atoms with Crippen LogP contribution in [0.1, 0.15) is 18.7 Å². The summed E-state index contributed by atoms with van der Waals surface area (Å²) in [6, 6.07) is 10.6. The van der Waals surface area contributed by atoms with E-state index in [-0.39, 0.29) is 0 Å². The van der Waals surface area contributed by atoms with E-state index in [9.17, 15) is 0 Å². The number of hydrogen-bond donors (Lipinski definition) is 1. The number of nitrogens with zero attached hydrogens (tertiary/aromatic N) is 5. The predicted octanol–water partition coefficient (Wildman–Crippen LogP) is 0.846. The Morgan fingerprint density at radius 1 is 1.14 bits per heavy atom. The Morgan fingerprint density at radius 2 is 1.95 bits per heavy atom. The van der Waals surface area contributed by atoms with E-state index >= 15 is 0 Å². The summed E-state index contributed by atoms with van der Waals surface area (Å²) in [5, 5.41) is 15.8. The van der Waals surface area contributed by atoms with Crippen molar-refractivity contribution in [2.45, 2.75) is 25.4 Å². The van der Waals surface area contributed by atoms with Crippen LogP contribution in [0.5, 0.6) is 0 Å². The summed E-state index contributed by atoms with van der Waals surface area (Å²) in [5.74, 6) is 1.69. The lowest BCUT2D eigenvalue weighted by atomic mass is 9.84. The minimum Gasteiger partial charge on any atom is -0.305 e. The first kappa shape index (κ1) is 12.9. The van der Waals surface area contributed by atoms with Crippen LogP contribution >= 0.6 is 0 Å². The molecule has 1 N–H and O–H groups in total. The highest BCUT2D eigenvalue weighted by atomic mass is 15.5.